The van der Waals surface area contributed by atoms with Crippen LogP contribution in [0.3, 0.4) is 0 Å². The molecule has 0 radical (unpaired) electrons. The summed E-state index contributed by atoms with van der Waals surface area (Å²) in [5, 5.41) is 0. The summed E-state index contributed by atoms with van der Waals surface area (Å²) in [6.07, 6.45) is 4.36. The van der Waals surface area contributed by atoms with Gasteiger partial charge >= 0.3 is 0 Å². The maximum atomic E-state index is 4.30. The second kappa shape index (κ2) is 8.71. The average molecular weight is 365 g/mol. The van der Waals surface area contributed by atoms with Crippen LogP contribution in [-0.2, 0) is 0 Å². The third-order valence-corrected chi connectivity index (χ3v) is 5.25. The Morgan fingerprint density at radius 1 is 0.714 bits per heavy atom. The van der Waals surface area contributed by atoms with E-state index in [2.05, 4.69) is 119 Å². The van der Waals surface area contributed by atoms with Gasteiger partial charge in [-0.25, -0.2) is 0 Å². The summed E-state index contributed by atoms with van der Waals surface area (Å²) in [5.74, 6) is 0. The van der Waals surface area contributed by atoms with Gasteiger partial charge in [0.05, 0.1) is 0 Å². The van der Waals surface area contributed by atoms with Gasteiger partial charge in [0, 0.05) is 0 Å². The topological polar surface area (TPSA) is 0 Å². The van der Waals surface area contributed by atoms with Crippen LogP contribution < -0.4 is 0 Å². The minimum absolute atomic E-state index is 1.03. The van der Waals surface area contributed by atoms with E-state index in [4.69, 9.17) is 0 Å². The van der Waals surface area contributed by atoms with Gasteiger partial charge in [-0.3, -0.25) is 0 Å². The third kappa shape index (κ3) is 4.23. The van der Waals surface area contributed by atoms with E-state index in [0.29, 0.717) is 0 Å². The summed E-state index contributed by atoms with van der Waals surface area (Å²) in [4.78, 5) is 0. The monoisotopic (exact) mass is 364 g/mol. The fraction of sp³-hybridized carbons (Fsp3) is 0.143. The highest BCUT2D eigenvalue weighted by atomic mass is 14.1. The minimum atomic E-state index is 1.03. The highest BCUT2D eigenvalue weighted by Gasteiger charge is 2.07. The Morgan fingerprint density at radius 2 is 1.21 bits per heavy atom. The molecule has 0 aliphatic heterocycles. The summed E-state index contributed by atoms with van der Waals surface area (Å²) in [6, 6.07) is 25.7. The standard InChI is InChI=1S/C28H28/c1-6-26(28-14-10-8-12-21(28)3)25-17-15-24(16-18-25)22(4)19-23(5)27-13-9-7-11-20(27)2/h6-19H,4H2,1-3,5H3/b23-19-,26-6-. The van der Waals surface area contributed by atoms with Gasteiger partial charge in [0.15, 0.2) is 0 Å². The molecule has 28 heavy (non-hydrogen) atoms. The molecule has 3 aromatic carbocycles. The first-order chi connectivity index (χ1) is 13.5. The van der Waals surface area contributed by atoms with Gasteiger partial charge in [0.1, 0.15) is 0 Å². The largest absolute Gasteiger partial charge is 0.0911 e. The molecule has 3 aromatic rings. The summed E-state index contributed by atoms with van der Waals surface area (Å²) >= 11 is 0. The molecule has 0 amide bonds. The van der Waals surface area contributed by atoms with Gasteiger partial charge in [-0.2, -0.15) is 0 Å². The van der Waals surface area contributed by atoms with Crippen LogP contribution in [0.4, 0.5) is 0 Å². The first-order valence-electron chi connectivity index (χ1n) is 9.77. The van der Waals surface area contributed by atoms with E-state index in [1.165, 1.54) is 39.0 Å². The zero-order valence-electron chi connectivity index (χ0n) is 17.3. The molecular formula is C28H28. The molecule has 0 nitrogen and oxygen atoms in total. The Balaban J connectivity index is 1.86. The van der Waals surface area contributed by atoms with Gasteiger partial charge in [-0.15, -0.1) is 0 Å². The summed E-state index contributed by atoms with van der Waals surface area (Å²) in [6.45, 7) is 12.9. The van der Waals surface area contributed by atoms with E-state index < -0.39 is 0 Å². The molecule has 0 spiro atoms. The van der Waals surface area contributed by atoms with Gasteiger partial charge in [-0.05, 0) is 77.8 Å². The molecule has 140 valence electrons. The smallest absolute Gasteiger partial charge is 0.0151 e. The van der Waals surface area contributed by atoms with Crippen LogP contribution in [0.2, 0.25) is 0 Å². The first-order valence-corrected chi connectivity index (χ1v) is 9.77. The number of hydrogen-bond donors (Lipinski definition) is 0. The predicted molar refractivity (Wildman–Crippen MR) is 124 cm³/mol. The predicted octanol–water partition coefficient (Wildman–Crippen LogP) is 7.87. The van der Waals surface area contributed by atoms with E-state index >= 15 is 0 Å². The van der Waals surface area contributed by atoms with Crippen LogP contribution in [0.1, 0.15) is 47.2 Å². The van der Waals surface area contributed by atoms with Crippen molar-refractivity contribution in [2.75, 3.05) is 0 Å². The van der Waals surface area contributed by atoms with E-state index in [0.717, 1.165) is 11.1 Å². The Hall–Kier alpha value is -3.12. The molecule has 0 unspecified atom stereocenters. The zero-order chi connectivity index (χ0) is 20.1. The van der Waals surface area contributed by atoms with Crippen molar-refractivity contribution in [3.05, 3.63) is 125 Å². The van der Waals surface area contributed by atoms with Gasteiger partial charge in [0.2, 0.25) is 0 Å². The Labute approximate surface area is 169 Å². The van der Waals surface area contributed by atoms with Crippen molar-refractivity contribution in [1.29, 1.82) is 0 Å². The molecule has 0 bridgehead atoms. The molecule has 0 atom stereocenters. The van der Waals surface area contributed by atoms with Crippen molar-refractivity contribution < 1.29 is 0 Å². The van der Waals surface area contributed by atoms with E-state index in [-0.39, 0.29) is 0 Å². The van der Waals surface area contributed by atoms with Crippen LogP contribution in [0.25, 0.3) is 16.7 Å². The molecule has 3 rings (SSSR count). The van der Waals surface area contributed by atoms with Crippen LogP contribution in [0.5, 0.6) is 0 Å². The lowest BCUT2D eigenvalue weighted by Gasteiger charge is -2.12. The molecule has 0 saturated carbocycles. The van der Waals surface area contributed by atoms with Crippen molar-refractivity contribution in [3.8, 4) is 0 Å². The van der Waals surface area contributed by atoms with Crippen LogP contribution in [0, 0.1) is 13.8 Å². The lowest BCUT2D eigenvalue weighted by Crippen LogP contribution is -1.92. The normalized spacial score (nSPS) is 12.1. The number of benzene rings is 3. The highest BCUT2D eigenvalue weighted by Crippen LogP contribution is 2.28. The number of aryl methyl sites for hydroxylation is 2. The second-order valence-electron chi connectivity index (χ2n) is 7.26. The highest BCUT2D eigenvalue weighted by molar-refractivity contribution is 5.85. The van der Waals surface area contributed by atoms with Crippen LogP contribution in [0.15, 0.2) is 91.5 Å². The summed E-state index contributed by atoms with van der Waals surface area (Å²) in [7, 11) is 0. The number of allylic oxidation sites excluding steroid dienone is 4. The minimum Gasteiger partial charge on any atom is -0.0911 e. The van der Waals surface area contributed by atoms with Gasteiger partial charge in [0.25, 0.3) is 0 Å². The maximum absolute atomic E-state index is 4.30. The van der Waals surface area contributed by atoms with Gasteiger partial charge < -0.3 is 0 Å². The Kier molecular flexibility index (Phi) is 6.11. The second-order valence-corrected chi connectivity index (χ2v) is 7.26. The molecule has 0 aliphatic rings. The number of hydrogen-bond acceptors (Lipinski definition) is 0. The third-order valence-electron chi connectivity index (χ3n) is 5.25. The van der Waals surface area contributed by atoms with Crippen molar-refractivity contribution >= 4 is 16.7 Å². The molecule has 0 heterocycles. The van der Waals surface area contributed by atoms with Crippen LogP contribution in [-0.4, -0.2) is 0 Å². The van der Waals surface area contributed by atoms with Crippen molar-refractivity contribution in [2.45, 2.75) is 27.7 Å². The fourth-order valence-corrected chi connectivity index (χ4v) is 3.65. The zero-order valence-corrected chi connectivity index (χ0v) is 17.3. The average Bonchev–Trinajstić information content (AvgIpc) is 2.70. The van der Waals surface area contributed by atoms with E-state index in [9.17, 15) is 0 Å². The maximum Gasteiger partial charge on any atom is -0.0151 e. The fourth-order valence-electron chi connectivity index (χ4n) is 3.65. The van der Waals surface area contributed by atoms with Gasteiger partial charge in [-0.1, -0.05) is 91.5 Å². The van der Waals surface area contributed by atoms with Crippen molar-refractivity contribution in [1.82, 2.24) is 0 Å². The Bertz CT molecular complexity index is 1040. The number of rotatable bonds is 5. The van der Waals surface area contributed by atoms with E-state index in [1.54, 1.807) is 0 Å². The molecule has 0 aliphatic carbocycles. The molecular weight excluding hydrogens is 336 g/mol. The molecule has 0 heteroatoms. The lowest BCUT2D eigenvalue weighted by molar-refractivity contribution is 1.40. The molecule has 0 fully saturated rings. The summed E-state index contributed by atoms with van der Waals surface area (Å²) < 4.78 is 0. The SMILES string of the molecule is C=C(/C=C(/C)c1ccccc1C)c1ccc(/C(=C/C)c2ccccc2C)cc1. The quantitative estimate of drug-likeness (QED) is 0.404. The van der Waals surface area contributed by atoms with Crippen molar-refractivity contribution in [2.24, 2.45) is 0 Å². The van der Waals surface area contributed by atoms with E-state index in [1.807, 2.05) is 0 Å². The lowest BCUT2D eigenvalue weighted by atomic mass is 9.92. The Morgan fingerprint density at radius 3 is 1.75 bits per heavy atom. The molecule has 0 aromatic heterocycles. The molecule has 0 N–H and O–H groups in total. The molecule has 0 saturated heterocycles. The van der Waals surface area contributed by atoms with Crippen LogP contribution >= 0.6 is 0 Å². The summed E-state index contributed by atoms with van der Waals surface area (Å²) in [5.41, 5.74) is 11.1. The first kappa shape index (κ1) is 19.6. The van der Waals surface area contributed by atoms with Crippen molar-refractivity contribution in [3.63, 3.8) is 0 Å².